The summed E-state index contributed by atoms with van der Waals surface area (Å²) in [5.41, 5.74) is 4.80. The molecule has 0 bridgehead atoms. The number of aryl methyl sites for hydroxylation is 1. The van der Waals surface area contributed by atoms with Crippen LogP contribution in [0.3, 0.4) is 0 Å². The zero-order chi connectivity index (χ0) is 22.6. The second-order valence-electron chi connectivity index (χ2n) is 8.19. The Morgan fingerprint density at radius 1 is 0.812 bits per heavy atom. The van der Waals surface area contributed by atoms with Gasteiger partial charge in [-0.1, -0.05) is 80.1 Å². The Balaban J connectivity index is 1.51. The summed E-state index contributed by atoms with van der Waals surface area (Å²) in [5, 5.41) is 8.78. The highest BCUT2D eigenvalue weighted by atomic mass is 16.5. The van der Waals surface area contributed by atoms with Crippen LogP contribution in [0.5, 0.6) is 5.75 Å². The SMILES string of the molecule is CCCCN(Cc1ccccc1)Cc1ccc(COc2ccc(CCC(=O)O)cc2)cc1. The first-order valence-electron chi connectivity index (χ1n) is 11.4. The molecule has 3 aromatic rings. The Morgan fingerprint density at radius 3 is 2.03 bits per heavy atom. The highest BCUT2D eigenvalue weighted by molar-refractivity contribution is 5.67. The molecule has 3 aromatic carbocycles. The number of aliphatic carboxylic acids is 1. The molecule has 4 heteroatoms. The number of nitrogens with zero attached hydrogens (tertiary/aromatic N) is 1. The lowest BCUT2D eigenvalue weighted by atomic mass is 10.1. The van der Waals surface area contributed by atoms with Crippen molar-refractivity contribution >= 4 is 5.97 Å². The van der Waals surface area contributed by atoms with E-state index in [1.807, 2.05) is 24.3 Å². The molecule has 0 aromatic heterocycles. The maximum atomic E-state index is 10.7. The molecular weight excluding hydrogens is 398 g/mol. The normalized spacial score (nSPS) is 10.9. The molecule has 3 rings (SSSR count). The van der Waals surface area contributed by atoms with Gasteiger partial charge in [-0.2, -0.15) is 0 Å². The Hall–Kier alpha value is -3.11. The Morgan fingerprint density at radius 2 is 1.41 bits per heavy atom. The molecule has 0 aliphatic rings. The van der Waals surface area contributed by atoms with Crippen molar-refractivity contribution in [2.75, 3.05) is 6.54 Å². The molecule has 0 heterocycles. The lowest BCUT2D eigenvalue weighted by Gasteiger charge is -2.22. The molecule has 4 nitrogen and oxygen atoms in total. The summed E-state index contributed by atoms with van der Waals surface area (Å²) in [6, 6.07) is 27.0. The second-order valence-corrected chi connectivity index (χ2v) is 8.19. The van der Waals surface area contributed by atoms with Crippen LogP contribution in [0.25, 0.3) is 0 Å². The average Bonchev–Trinajstić information content (AvgIpc) is 2.82. The molecule has 0 saturated heterocycles. The van der Waals surface area contributed by atoms with Crippen LogP contribution in [0.4, 0.5) is 0 Å². The molecule has 0 radical (unpaired) electrons. The molecule has 0 saturated carbocycles. The molecule has 0 atom stereocenters. The molecule has 0 spiro atoms. The monoisotopic (exact) mass is 431 g/mol. The van der Waals surface area contributed by atoms with Crippen LogP contribution < -0.4 is 4.74 Å². The number of unbranched alkanes of at least 4 members (excludes halogenated alkanes) is 1. The van der Waals surface area contributed by atoms with Crippen molar-refractivity contribution in [3.63, 3.8) is 0 Å². The number of rotatable bonds is 13. The number of carbonyl (C=O) groups is 1. The zero-order valence-electron chi connectivity index (χ0n) is 18.9. The highest BCUT2D eigenvalue weighted by Crippen LogP contribution is 2.17. The van der Waals surface area contributed by atoms with Gasteiger partial charge >= 0.3 is 5.97 Å². The zero-order valence-corrected chi connectivity index (χ0v) is 18.9. The fraction of sp³-hybridized carbons (Fsp3) is 0.321. The predicted molar refractivity (Wildman–Crippen MR) is 129 cm³/mol. The fourth-order valence-corrected chi connectivity index (χ4v) is 3.61. The summed E-state index contributed by atoms with van der Waals surface area (Å²) < 4.78 is 5.90. The van der Waals surface area contributed by atoms with E-state index in [1.165, 1.54) is 24.0 Å². The van der Waals surface area contributed by atoms with E-state index < -0.39 is 5.97 Å². The maximum absolute atomic E-state index is 10.7. The summed E-state index contributed by atoms with van der Waals surface area (Å²) >= 11 is 0. The largest absolute Gasteiger partial charge is 0.489 e. The van der Waals surface area contributed by atoms with Crippen LogP contribution in [-0.4, -0.2) is 22.5 Å². The predicted octanol–water partition coefficient (Wildman–Crippen LogP) is 6.09. The van der Waals surface area contributed by atoms with E-state index >= 15 is 0 Å². The maximum Gasteiger partial charge on any atom is 0.303 e. The molecule has 0 fully saturated rings. The minimum atomic E-state index is -0.776. The summed E-state index contributed by atoms with van der Waals surface area (Å²) in [6.45, 7) is 5.75. The second kappa shape index (κ2) is 12.7. The van der Waals surface area contributed by atoms with Crippen molar-refractivity contribution in [1.82, 2.24) is 4.90 Å². The Bertz CT molecular complexity index is 937. The van der Waals surface area contributed by atoms with Crippen LogP contribution in [-0.2, 0) is 30.9 Å². The van der Waals surface area contributed by atoms with Crippen molar-refractivity contribution < 1.29 is 14.6 Å². The van der Waals surface area contributed by atoms with Gasteiger partial charge in [0.05, 0.1) is 0 Å². The lowest BCUT2D eigenvalue weighted by molar-refractivity contribution is -0.136. The number of hydrogen-bond donors (Lipinski definition) is 1. The molecule has 0 aliphatic carbocycles. The smallest absolute Gasteiger partial charge is 0.303 e. The van der Waals surface area contributed by atoms with E-state index in [2.05, 4.69) is 66.4 Å². The van der Waals surface area contributed by atoms with Gasteiger partial charge in [0.2, 0.25) is 0 Å². The van der Waals surface area contributed by atoms with E-state index in [0.29, 0.717) is 13.0 Å². The molecule has 168 valence electrons. The summed E-state index contributed by atoms with van der Waals surface area (Å²) in [7, 11) is 0. The molecule has 0 unspecified atom stereocenters. The number of hydrogen-bond acceptors (Lipinski definition) is 3. The molecule has 32 heavy (non-hydrogen) atoms. The first-order valence-corrected chi connectivity index (χ1v) is 11.4. The first-order chi connectivity index (χ1) is 15.6. The number of carboxylic acids is 1. The van der Waals surface area contributed by atoms with E-state index in [4.69, 9.17) is 9.84 Å². The highest BCUT2D eigenvalue weighted by Gasteiger charge is 2.07. The van der Waals surface area contributed by atoms with Gasteiger partial charge in [0.25, 0.3) is 0 Å². The van der Waals surface area contributed by atoms with Crippen LogP contribution in [0.1, 0.15) is 48.4 Å². The van der Waals surface area contributed by atoms with Crippen molar-refractivity contribution in [2.45, 2.75) is 52.3 Å². The number of carboxylic acid groups (broad SMARTS) is 1. The van der Waals surface area contributed by atoms with Gasteiger partial charge in [0.15, 0.2) is 0 Å². The first kappa shape index (κ1) is 23.6. The summed E-state index contributed by atoms with van der Waals surface area (Å²) in [5.74, 6) is 0.0177. The number of benzene rings is 3. The van der Waals surface area contributed by atoms with E-state index in [1.54, 1.807) is 0 Å². The van der Waals surface area contributed by atoms with E-state index in [-0.39, 0.29) is 6.42 Å². The van der Waals surface area contributed by atoms with Crippen LogP contribution in [0, 0.1) is 0 Å². The molecule has 0 aliphatic heterocycles. The third kappa shape index (κ3) is 8.20. The third-order valence-electron chi connectivity index (χ3n) is 5.46. The Labute approximate surface area is 191 Å². The average molecular weight is 432 g/mol. The van der Waals surface area contributed by atoms with Crippen LogP contribution in [0.2, 0.25) is 0 Å². The third-order valence-corrected chi connectivity index (χ3v) is 5.46. The van der Waals surface area contributed by atoms with Gasteiger partial charge in [0.1, 0.15) is 12.4 Å². The van der Waals surface area contributed by atoms with Crippen molar-refractivity contribution in [1.29, 1.82) is 0 Å². The Kier molecular flexibility index (Phi) is 9.33. The van der Waals surface area contributed by atoms with Gasteiger partial charge in [-0.05, 0) is 53.8 Å². The molecule has 0 amide bonds. The molecular formula is C28H33NO3. The van der Waals surface area contributed by atoms with Crippen molar-refractivity contribution in [3.8, 4) is 5.75 Å². The minimum absolute atomic E-state index is 0.147. The minimum Gasteiger partial charge on any atom is -0.489 e. The fourth-order valence-electron chi connectivity index (χ4n) is 3.61. The van der Waals surface area contributed by atoms with Crippen molar-refractivity contribution in [2.24, 2.45) is 0 Å². The topological polar surface area (TPSA) is 49.8 Å². The lowest BCUT2D eigenvalue weighted by Crippen LogP contribution is -2.24. The standard InChI is InChI=1S/C28H33NO3/c1-2-3-19-29(20-24-7-5-4-6-8-24)21-25-9-11-26(12-10-25)22-32-27-16-13-23(14-17-27)15-18-28(30)31/h4-14,16-17H,2-3,15,18-22H2,1H3,(H,30,31). The van der Waals surface area contributed by atoms with E-state index in [0.717, 1.165) is 36.5 Å². The van der Waals surface area contributed by atoms with Crippen LogP contribution >= 0.6 is 0 Å². The van der Waals surface area contributed by atoms with Gasteiger partial charge in [0, 0.05) is 19.5 Å². The summed E-state index contributed by atoms with van der Waals surface area (Å²) in [4.78, 5) is 13.2. The van der Waals surface area contributed by atoms with Gasteiger partial charge in [-0.15, -0.1) is 0 Å². The summed E-state index contributed by atoms with van der Waals surface area (Å²) in [6.07, 6.45) is 3.08. The van der Waals surface area contributed by atoms with Gasteiger partial charge < -0.3 is 9.84 Å². The van der Waals surface area contributed by atoms with Crippen molar-refractivity contribution in [3.05, 3.63) is 101 Å². The van der Waals surface area contributed by atoms with Crippen LogP contribution in [0.15, 0.2) is 78.9 Å². The quantitative estimate of drug-likeness (QED) is 0.356. The van der Waals surface area contributed by atoms with Gasteiger partial charge in [-0.3, -0.25) is 9.69 Å². The van der Waals surface area contributed by atoms with Gasteiger partial charge in [-0.25, -0.2) is 0 Å². The van der Waals surface area contributed by atoms with E-state index in [9.17, 15) is 4.79 Å². The molecule has 1 N–H and O–H groups in total. The number of ether oxygens (including phenoxy) is 1.